The summed E-state index contributed by atoms with van der Waals surface area (Å²) < 4.78 is 2.29. The van der Waals surface area contributed by atoms with Crippen LogP contribution < -0.4 is 9.75 Å². The van der Waals surface area contributed by atoms with Gasteiger partial charge in [0.05, 0.1) is 19.0 Å². The van der Waals surface area contributed by atoms with Crippen LogP contribution in [0.15, 0.2) is 54.7 Å². The second-order valence-electron chi connectivity index (χ2n) is 11.4. The van der Waals surface area contributed by atoms with E-state index < -0.39 is 8.07 Å². The second kappa shape index (κ2) is 8.96. The Bertz CT molecular complexity index is 1360. The van der Waals surface area contributed by atoms with Crippen molar-refractivity contribution in [2.75, 3.05) is 0 Å². The molecule has 0 atom stereocenters. The number of benzene rings is 3. The molecule has 0 saturated carbocycles. The van der Waals surface area contributed by atoms with Gasteiger partial charge in [-0.2, -0.15) is 0 Å². The van der Waals surface area contributed by atoms with Gasteiger partial charge in [0.25, 0.3) is 0 Å². The lowest BCUT2D eigenvalue weighted by atomic mass is 9.93. The summed E-state index contributed by atoms with van der Waals surface area (Å²) in [6, 6.07) is 19.1. The zero-order valence-electron chi connectivity index (χ0n) is 22.9. The van der Waals surface area contributed by atoms with Crippen molar-refractivity contribution in [3.63, 3.8) is 0 Å². The summed E-state index contributed by atoms with van der Waals surface area (Å²) in [7, 11) is 0.489. The van der Waals surface area contributed by atoms with E-state index in [4.69, 9.17) is 0 Å². The van der Waals surface area contributed by atoms with Gasteiger partial charge in [0.2, 0.25) is 5.69 Å². The van der Waals surface area contributed by atoms with Crippen molar-refractivity contribution < 1.29 is 4.57 Å². The van der Waals surface area contributed by atoms with Crippen LogP contribution in [0.4, 0.5) is 0 Å². The van der Waals surface area contributed by atoms with E-state index in [2.05, 4.69) is 129 Å². The summed E-state index contributed by atoms with van der Waals surface area (Å²) in [6.07, 6.45) is 2.23. The highest BCUT2D eigenvalue weighted by molar-refractivity contribution is 6.95. The Kier molecular flexibility index (Phi) is 6.50. The third kappa shape index (κ3) is 3.71. The summed E-state index contributed by atoms with van der Waals surface area (Å²) in [5.41, 5.74) is 8.82. The van der Waals surface area contributed by atoms with Gasteiger partial charge in [-0.3, -0.25) is 0 Å². The fourth-order valence-electron chi connectivity index (χ4n) is 7.08. The summed E-state index contributed by atoms with van der Waals surface area (Å²) in [4.78, 5) is 0. The molecule has 0 saturated heterocycles. The number of hydrogen-bond donors (Lipinski definition) is 0. The average Bonchev–Trinajstić information content (AvgIpc) is 2.75. The molecule has 1 heterocycles. The molecule has 4 aromatic rings. The maximum Gasteiger partial charge on any atom is 0.220 e. The van der Waals surface area contributed by atoms with E-state index in [1.165, 1.54) is 49.5 Å². The van der Waals surface area contributed by atoms with Crippen LogP contribution >= 0.6 is 0 Å². The Morgan fingerprint density at radius 1 is 0.676 bits per heavy atom. The topological polar surface area (TPSA) is 3.88 Å². The van der Waals surface area contributed by atoms with E-state index in [9.17, 15) is 0 Å². The lowest BCUT2D eigenvalue weighted by Crippen LogP contribution is -2.55. The molecule has 178 valence electrons. The zero-order valence-corrected chi connectivity index (χ0v) is 23.9. The molecular formula is C32H42NSi+. The highest BCUT2D eigenvalue weighted by Crippen LogP contribution is 2.42. The van der Waals surface area contributed by atoms with Gasteiger partial charge >= 0.3 is 0 Å². The molecule has 3 aromatic carbocycles. The minimum atomic E-state index is -1.69. The smallest absolute Gasteiger partial charge is 0.200 e. The molecule has 0 aliphatic rings. The molecule has 0 aliphatic heterocycles. The predicted octanol–water partition coefficient (Wildman–Crippen LogP) is 8.30. The highest BCUT2D eigenvalue weighted by Gasteiger charge is 2.44. The van der Waals surface area contributed by atoms with E-state index in [0.717, 1.165) is 0 Å². The molecule has 4 rings (SSSR count). The molecule has 0 unspecified atom stereocenters. The van der Waals surface area contributed by atoms with Gasteiger partial charge in [0, 0.05) is 11.5 Å². The molecule has 0 radical (unpaired) electrons. The largest absolute Gasteiger partial charge is 0.220 e. The van der Waals surface area contributed by atoms with Gasteiger partial charge in [-0.1, -0.05) is 82.6 Å². The molecule has 0 aliphatic carbocycles. The summed E-state index contributed by atoms with van der Waals surface area (Å²) in [5.74, 6) is 0. The highest BCUT2D eigenvalue weighted by atomic mass is 28.3. The molecule has 2 heteroatoms. The lowest BCUT2D eigenvalue weighted by molar-refractivity contribution is -0.659. The first-order chi connectivity index (χ1) is 16.0. The third-order valence-electron chi connectivity index (χ3n) is 8.57. The van der Waals surface area contributed by atoms with E-state index in [1.54, 1.807) is 5.19 Å². The van der Waals surface area contributed by atoms with E-state index >= 15 is 0 Å². The standard InChI is InChI=1S/C32H42NSi/c1-20(2)34(21(3)4,22(5)6)27-12-14-28-26(19-27)11-13-30-29(28)15-16-33(10)32(30)31-18-23(7)17-24(8)25(31)9/h11-22H,1-10H3/q+1. The molecule has 0 fully saturated rings. The number of hydrogen-bond acceptors (Lipinski definition) is 0. The van der Waals surface area contributed by atoms with Crippen LogP contribution in [0.3, 0.4) is 0 Å². The predicted molar refractivity (Wildman–Crippen MR) is 153 cm³/mol. The number of pyridine rings is 1. The van der Waals surface area contributed by atoms with Crippen LogP contribution in [0.25, 0.3) is 32.8 Å². The molecule has 1 aromatic heterocycles. The fourth-order valence-corrected chi connectivity index (χ4v) is 13.9. The first-order valence-electron chi connectivity index (χ1n) is 12.9. The fraction of sp³-hybridized carbons (Fsp3) is 0.406. The van der Waals surface area contributed by atoms with Crippen molar-refractivity contribution >= 4 is 34.8 Å². The van der Waals surface area contributed by atoms with Crippen molar-refractivity contribution in [1.82, 2.24) is 0 Å². The average molecular weight is 469 g/mol. The van der Waals surface area contributed by atoms with Gasteiger partial charge in [-0.05, 0) is 71.4 Å². The number of fused-ring (bicyclic) bond motifs is 3. The van der Waals surface area contributed by atoms with Crippen LogP contribution in [0.2, 0.25) is 16.6 Å². The van der Waals surface area contributed by atoms with Crippen molar-refractivity contribution in [2.45, 2.75) is 78.9 Å². The Hall–Kier alpha value is -2.45. The van der Waals surface area contributed by atoms with Crippen molar-refractivity contribution in [3.8, 4) is 11.3 Å². The first kappa shape index (κ1) is 24.7. The van der Waals surface area contributed by atoms with Gasteiger partial charge in [-0.25, -0.2) is 4.57 Å². The van der Waals surface area contributed by atoms with E-state index in [0.29, 0.717) is 16.6 Å². The van der Waals surface area contributed by atoms with Gasteiger partial charge in [0.15, 0.2) is 6.20 Å². The summed E-state index contributed by atoms with van der Waals surface area (Å²) in [6.45, 7) is 21.4. The van der Waals surface area contributed by atoms with Gasteiger partial charge in [0.1, 0.15) is 7.05 Å². The number of aromatic nitrogens is 1. The molecular weight excluding hydrogens is 426 g/mol. The first-order valence-corrected chi connectivity index (χ1v) is 15.2. The Morgan fingerprint density at radius 2 is 1.29 bits per heavy atom. The van der Waals surface area contributed by atoms with Gasteiger partial charge < -0.3 is 0 Å². The number of nitrogens with zero attached hydrogens (tertiary/aromatic N) is 1. The third-order valence-corrected chi connectivity index (χ3v) is 15.6. The molecule has 0 bridgehead atoms. The lowest BCUT2D eigenvalue weighted by Gasteiger charge is -2.43. The zero-order chi connectivity index (χ0) is 24.9. The monoisotopic (exact) mass is 468 g/mol. The maximum absolute atomic E-state index is 2.54. The van der Waals surface area contributed by atoms with Crippen LogP contribution in [0, 0.1) is 20.8 Å². The Morgan fingerprint density at radius 3 is 1.91 bits per heavy atom. The summed E-state index contributed by atoms with van der Waals surface area (Å²) >= 11 is 0. The molecule has 34 heavy (non-hydrogen) atoms. The maximum atomic E-state index is 2.54. The Balaban J connectivity index is 2.01. The normalized spacial score (nSPS) is 12.6. The van der Waals surface area contributed by atoms with Crippen LogP contribution in [0.5, 0.6) is 0 Å². The van der Waals surface area contributed by atoms with Crippen LogP contribution in [-0.2, 0) is 7.05 Å². The quantitative estimate of drug-likeness (QED) is 0.157. The van der Waals surface area contributed by atoms with E-state index in [1.807, 2.05) is 0 Å². The SMILES string of the molecule is Cc1cc(C)c(C)c(-c2c3ccc4cc([Si](C(C)C)(C(C)C)C(C)C)ccc4c3cc[n+]2C)c1. The van der Waals surface area contributed by atoms with Crippen LogP contribution in [-0.4, -0.2) is 8.07 Å². The molecule has 1 nitrogen and oxygen atoms in total. The van der Waals surface area contributed by atoms with Crippen molar-refractivity contribution in [2.24, 2.45) is 7.05 Å². The molecule has 0 spiro atoms. The molecule has 0 N–H and O–H groups in total. The minimum absolute atomic E-state index is 0.712. The Labute approximate surface area is 207 Å². The second-order valence-corrected chi connectivity index (χ2v) is 17.3. The summed E-state index contributed by atoms with van der Waals surface area (Å²) in [5, 5.41) is 7.04. The van der Waals surface area contributed by atoms with E-state index in [-0.39, 0.29) is 0 Å². The van der Waals surface area contributed by atoms with Crippen molar-refractivity contribution in [3.05, 3.63) is 71.4 Å². The minimum Gasteiger partial charge on any atom is -0.200 e. The number of rotatable bonds is 5. The molecule has 0 amide bonds. The number of aryl methyl sites for hydroxylation is 3. The van der Waals surface area contributed by atoms with Gasteiger partial charge in [-0.15, -0.1) is 0 Å². The van der Waals surface area contributed by atoms with Crippen LogP contribution in [0.1, 0.15) is 58.2 Å². The van der Waals surface area contributed by atoms with Crippen molar-refractivity contribution in [1.29, 1.82) is 0 Å².